The minimum Gasteiger partial charge on any atom is -0.382 e. The number of benzene rings is 1. The van der Waals surface area contributed by atoms with Gasteiger partial charge in [-0.1, -0.05) is 17.7 Å². The SMILES string of the molecule is Cc1ccc2c(c1)CCCN2CCCn1ccc(N)n1. The third kappa shape index (κ3) is 2.79. The van der Waals surface area contributed by atoms with E-state index in [0.29, 0.717) is 5.82 Å². The Bertz CT molecular complexity index is 588. The molecule has 3 rings (SSSR count). The van der Waals surface area contributed by atoms with Crippen LogP contribution in [-0.2, 0) is 13.0 Å². The summed E-state index contributed by atoms with van der Waals surface area (Å²) in [4.78, 5) is 2.51. The number of nitrogen functional groups attached to an aromatic ring is 1. The molecule has 1 aliphatic heterocycles. The van der Waals surface area contributed by atoms with Gasteiger partial charge in [-0.25, -0.2) is 0 Å². The van der Waals surface area contributed by atoms with Gasteiger partial charge in [0.1, 0.15) is 5.82 Å². The number of fused-ring (bicyclic) bond motifs is 1. The van der Waals surface area contributed by atoms with Crippen molar-refractivity contribution in [1.82, 2.24) is 9.78 Å². The van der Waals surface area contributed by atoms with Gasteiger partial charge in [-0.15, -0.1) is 0 Å². The third-order valence-corrected chi connectivity index (χ3v) is 3.93. The first-order valence-electron chi connectivity index (χ1n) is 7.36. The molecule has 2 aromatic rings. The predicted molar refractivity (Wildman–Crippen MR) is 83.0 cm³/mol. The summed E-state index contributed by atoms with van der Waals surface area (Å²) in [7, 11) is 0. The van der Waals surface area contributed by atoms with Crippen molar-refractivity contribution < 1.29 is 0 Å². The molecular formula is C16H22N4. The van der Waals surface area contributed by atoms with Gasteiger partial charge in [-0.2, -0.15) is 5.10 Å². The number of aryl methyl sites for hydroxylation is 3. The minimum absolute atomic E-state index is 0.601. The molecule has 0 amide bonds. The van der Waals surface area contributed by atoms with Gasteiger partial charge in [0.05, 0.1) is 0 Å². The number of hydrogen-bond acceptors (Lipinski definition) is 3. The van der Waals surface area contributed by atoms with E-state index in [-0.39, 0.29) is 0 Å². The zero-order valence-electron chi connectivity index (χ0n) is 12.0. The molecule has 1 aromatic carbocycles. The quantitative estimate of drug-likeness (QED) is 0.929. The van der Waals surface area contributed by atoms with Crippen molar-refractivity contribution >= 4 is 11.5 Å². The van der Waals surface area contributed by atoms with Gasteiger partial charge in [0.15, 0.2) is 0 Å². The van der Waals surface area contributed by atoms with Crippen molar-refractivity contribution in [2.75, 3.05) is 23.7 Å². The predicted octanol–water partition coefficient (Wildman–Crippen LogP) is 2.62. The molecule has 0 spiro atoms. The number of nitrogens with zero attached hydrogens (tertiary/aromatic N) is 3. The highest BCUT2D eigenvalue weighted by Crippen LogP contribution is 2.27. The summed E-state index contributed by atoms with van der Waals surface area (Å²) in [6.45, 7) is 5.34. The second-order valence-electron chi connectivity index (χ2n) is 5.58. The summed E-state index contributed by atoms with van der Waals surface area (Å²) in [5, 5.41) is 4.23. The third-order valence-electron chi connectivity index (χ3n) is 3.93. The van der Waals surface area contributed by atoms with Gasteiger partial charge in [0.2, 0.25) is 0 Å². The van der Waals surface area contributed by atoms with Crippen LogP contribution < -0.4 is 10.6 Å². The maximum absolute atomic E-state index is 5.63. The second-order valence-corrected chi connectivity index (χ2v) is 5.58. The molecule has 0 saturated heterocycles. The molecule has 2 heterocycles. The van der Waals surface area contributed by atoms with Crippen molar-refractivity contribution in [3.8, 4) is 0 Å². The molecule has 0 unspecified atom stereocenters. The van der Waals surface area contributed by atoms with Crippen LogP contribution in [0, 0.1) is 6.92 Å². The summed E-state index contributed by atoms with van der Waals surface area (Å²) >= 11 is 0. The van der Waals surface area contributed by atoms with E-state index >= 15 is 0 Å². The molecule has 0 aliphatic carbocycles. The molecule has 106 valence electrons. The maximum Gasteiger partial charge on any atom is 0.145 e. The average molecular weight is 270 g/mol. The zero-order valence-corrected chi connectivity index (χ0v) is 12.0. The van der Waals surface area contributed by atoms with Crippen LogP contribution in [-0.4, -0.2) is 22.9 Å². The van der Waals surface area contributed by atoms with E-state index in [1.54, 1.807) is 0 Å². The average Bonchev–Trinajstić information content (AvgIpc) is 2.84. The van der Waals surface area contributed by atoms with Crippen LogP contribution in [0.1, 0.15) is 24.0 Å². The van der Waals surface area contributed by atoms with E-state index in [1.807, 2.05) is 16.9 Å². The van der Waals surface area contributed by atoms with Gasteiger partial charge in [0, 0.05) is 31.5 Å². The molecule has 4 heteroatoms. The number of rotatable bonds is 4. The normalized spacial score (nSPS) is 14.3. The summed E-state index contributed by atoms with van der Waals surface area (Å²) < 4.78 is 1.93. The van der Waals surface area contributed by atoms with Crippen LogP contribution in [0.15, 0.2) is 30.5 Å². The summed E-state index contributed by atoms with van der Waals surface area (Å²) in [6, 6.07) is 8.66. The number of aromatic nitrogens is 2. The lowest BCUT2D eigenvalue weighted by Gasteiger charge is -2.31. The fraction of sp³-hybridized carbons (Fsp3) is 0.438. The van der Waals surface area contributed by atoms with Crippen LogP contribution in [0.25, 0.3) is 0 Å². The molecule has 0 atom stereocenters. The van der Waals surface area contributed by atoms with E-state index in [4.69, 9.17) is 5.73 Å². The molecule has 1 aliphatic rings. The fourth-order valence-corrected chi connectivity index (χ4v) is 2.96. The number of nitrogens with two attached hydrogens (primary N) is 1. The molecular weight excluding hydrogens is 248 g/mol. The first-order valence-corrected chi connectivity index (χ1v) is 7.36. The highest BCUT2D eigenvalue weighted by molar-refractivity contribution is 5.56. The standard InChI is InChI=1S/C16H22N4/c1-13-5-6-15-14(12-13)4-2-8-19(15)9-3-10-20-11-7-16(17)18-20/h5-7,11-12H,2-4,8-10H2,1H3,(H2,17,18). The highest BCUT2D eigenvalue weighted by atomic mass is 15.3. The largest absolute Gasteiger partial charge is 0.382 e. The molecule has 0 bridgehead atoms. The summed E-state index contributed by atoms with van der Waals surface area (Å²) in [6.07, 6.45) is 5.51. The van der Waals surface area contributed by atoms with E-state index in [1.165, 1.54) is 29.7 Å². The van der Waals surface area contributed by atoms with E-state index in [0.717, 1.165) is 26.1 Å². The lowest BCUT2D eigenvalue weighted by Crippen LogP contribution is -2.30. The zero-order chi connectivity index (χ0) is 13.9. The maximum atomic E-state index is 5.63. The van der Waals surface area contributed by atoms with E-state index in [9.17, 15) is 0 Å². The Morgan fingerprint density at radius 2 is 2.15 bits per heavy atom. The second kappa shape index (κ2) is 5.57. The van der Waals surface area contributed by atoms with Crippen LogP contribution in [0.5, 0.6) is 0 Å². The first-order chi connectivity index (χ1) is 9.72. The molecule has 0 radical (unpaired) electrons. The first kappa shape index (κ1) is 13.0. The molecule has 1 aromatic heterocycles. The Labute approximate surface area is 120 Å². The smallest absolute Gasteiger partial charge is 0.145 e. The molecule has 2 N–H and O–H groups in total. The minimum atomic E-state index is 0.601. The van der Waals surface area contributed by atoms with Gasteiger partial charge >= 0.3 is 0 Å². The molecule has 0 fully saturated rings. The Kier molecular flexibility index (Phi) is 3.63. The highest BCUT2D eigenvalue weighted by Gasteiger charge is 2.16. The van der Waals surface area contributed by atoms with E-state index in [2.05, 4.69) is 35.1 Å². The summed E-state index contributed by atoms with van der Waals surface area (Å²) in [5.74, 6) is 0.601. The molecule has 4 nitrogen and oxygen atoms in total. The van der Waals surface area contributed by atoms with Crippen LogP contribution in [0.2, 0.25) is 0 Å². The lowest BCUT2D eigenvalue weighted by atomic mass is 9.99. The van der Waals surface area contributed by atoms with Crippen LogP contribution in [0.4, 0.5) is 11.5 Å². The Balaban J connectivity index is 1.61. The Morgan fingerprint density at radius 1 is 1.25 bits per heavy atom. The number of hydrogen-bond donors (Lipinski definition) is 1. The topological polar surface area (TPSA) is 47.1 Å². The fourth-order valence-electron chi connectivity index (χ4n) is 2.96. The van der Waals surface area contributed by atoms with Crippen LogP contribution >= 0.6 is 0 Å². The summed E-state index contributed by atoms with van der Waals surface area (Å²) in [5.41, 5.74) is 9.91. The van der Waals surface area contributed by atoms with Crippen molar-refractivity contribution in [2.24, 2.45) is 0 Å². The lowest BCUT2D eigenvalue weighted by molar-refractivity contribution is 0.562. The van der Waals surface area contributed by atoms with Gasteiger partial charge < -0.3 is 10.6 Å². The van der Waals surface area contributed by atoms with Crippen LogP contribution in [0.3, 0.4) is 0 Å². The van der Waals surface area contributed by atoms with Gasteiger partial charge in [-0.05, 0) is 43.9 Å². The van der Waals surface area contributed by atoms with Crippen molar-refractivity contribution in [1.29, 1.82) is 0 Å². The van der Waals surface area contributed by atoms with Crippen molar-refractivity contribution in [2.45, 2.75) is 32.7 Å². The molecule has 20 heavy (non-hydrogen) atoms. The Hall–Kier alpha value is -1.97. The van der Waals surface area contributed by atoms with Gasteiger partial charge in [-0.3, -0.25) is 4.68 Å². The van der Waals surface area contributed by atoms with Gasteiger partial charge in [0.25, 0.3) is 0 Å². The van der Waals surface area contributed by atoms with E-state index < -0.39 is 0 Å². The monoisotopic (exact) mass is 270 g/mol. The Morgan fingerprint density at radius 3 is 2.95 bits per heavy atom. The van der Waals surface area contributed by atoms with Crippen molar-refractivity contribution in [3.63, 3.8) is 0 Å². The van der Waals surface area contributed by atoms with Crippen molar-refractivity contribution in [3.05, 3.63) is 41.6 Å². The molecule has 0 saturated carbocycles. The number of anilines is 2.